The van der Waals surface area contributed by atoms with Crippen LogP contribution in [0.3, 0.4) is 0 Å². The highest BCUT2D eigenvalue weighted by molar-refractivity contribution is 9.10. The highest BCUT2D eigenvalue weighted by atomic mass is 79.9. The second kappa shape index (κ2) is 7.15. The molecular formula is C14H11Br2ClF2N2. The van der Waals surface area contributed by atoms with Crippen LogP contribution < -0.4 is 11.3 Å². The monoisotopic (exact) mass is 438 g/mol. The lowest BCUT2D eigenvalue weighted by Crippen LogP contribution is -2.31. The molecule has 0 aromatic heterocycles. The van der Waals surface area contributed by atoms with Crippen molar-refractivity contribution in [3.8, 4) is 0 Å². The molecule has 3 N–H and O–H groups in total. The molecule has 0 saturated heterocycles. The zero-order valence-electron chi connectivity index (χ0n) is 10.6. The fraction of sp³-hybridized carbons (Fsp3) is 0.143. The van der Waals surface area contributed by atoms with Crippen LogP contribution in [0.5, 0.6) is 0 Å². The van der Waals surface area contributed by atoms with Gasteiger partial charge in [0.05, 0.1) is 6.04 Å². The Morgan fingerprint density at radius 3 is 2.24 bits per heavy atom. The van der Waals surface area contributed by atoms with Gasteiger partial charge in [0.1, 0.15) is 11.6 Å². The fourth-order valence-electron chi connectivity index (χ4n) is 2.04. The average molecular weight is 441 g/mol. The lowest BCUT2D eigenvalue weighted by Gasteiger charge is -2.19. The van der Waals surface area contributed by atoms with Crippen LogP contribution in [0.15, 0.2) is 39.3 Å². The summed E-state index contributed by atoms with van der Waals surface area (Å²) in [5, 5.41) is 0.502. The minimum Gasteiger partial charge on any atom is -0.271 e. The van der Waals surface area contributed by atoms with Gasteiger partial charge in [-0.3, -0.25) is 11.3 Å². The molecule has 2 nitrogen and oxygen atoms in total. The highest BCUT2D eigenvalue weighted by Gasteiger charge is 2.21. The van der Waals surface area contributed by atoms with E-state index in [1.165, 1.54) is 12.1 Å². The van der Waals surface area contributed by atoms with Crippen LogP contribution in [0.25, 0.3) is 0 Å². The Balaban J connectivity index is 2.37. The second-order valence-electron chi connectivity index (χ2n) is 4.44. The van der Waals surface area contributed by atoms with E-state index in [-0.39, 0.29) is 12.0 Å². The van der Waals surface area contributed by atoms with Gasteiger partial charge in [-0.1, -0.05) is 49.5 Å². The summed E-state index contributed by atoms with van der Waals surface area (Å²) in [6, 6.07) is 6.99. The number of halogens is 5. The van der Waals surface area contributed by atoms with Gasteiger partial charge < -0.3 is 0 Å². The fourth-order valence-corrected chi connectivity index (χ4v) is 3.19. The zero-order chi connectivity index (χ0) is 15.6. The third-order valence-corrected chi connectivity index (χ3v) is 4.34. The van der Waals surface area contributed by atoms with Gasteiger partial charge in [-0.05, 0) is 36.2 Å². The first-order chi connectivity index (χ1) is 9.92. The number of nitrogens with two attached hydrogens (primary N) is 1. The molecule has 0 aliphatic carbocycles. The maximum atomic E-state index is 14.0. The van der Waals surface area contributed by atoms with Gasteiger partial charge >= 0.3 is 0 Å². The van der Waals surface area contributed by atoms with Gasteiger partial charge in [-0.2, -0.15) is 0 Å². The molecule has 0 fully saturated rings. The topological polar surface area (TPSA) is 38.0 Å². The van der Waals surface area contributed by atoms with Crippen molar-refractivity contribution in [3.05, 3.63) is 67.1 Å². The van der Waals surface area contributed by atoms with E-state index in [9.17, 15) is 8.78 Å². The van der Waals surface area contributed by atoms with E-state index >= 15 is 0 Å². The van der Waals surface area contributed by atoms with Crippen molar-refractivity contribution in [2.24, 2.45) is 5.84 Å². The summed E-state index contributed by atoms with van der Waals surface area (Å²) in [4.78, 5) is 0. The normalized spacial score (nSPS) is 12.5. The predicted molar refractivity (Wildman–Crippen MR) is 87.0 cm³/mol. The van der Waals surface area contributed by atoms with E-state index < -0.39 is 17.7 Å². The van der Waals surface area contributed by atoms with Gasteiger partial charge in [0, 0.05) is 19.5 Å². The minimum absolute atomic E-state index is 0.111. The molecule has 21 heavy (non-hydrogen) atoms. The molecule has 0 aliphatic heterocycles. The van der Waals surface area contributed by atoms with Gasteiger partial charge in [-0.15, -0.1) is 0 Å². The summed E-state index contributed by atoms with van der Waals surface area (Å²) < 4.78 is 29.2. The van der Waals surface area contributed by atoms with Crippen molar-refractivity contribution in [3.63, 3.8) is 0 Å². The maximum Gasteiger partial charge on any atom is 0.132 e. The van der Waals surface area contributed by atoms with E-state index in [2.05, 4.69) is 37.3 Å². The second-order valence-corrected chi connectivity index (χ2v) is 6.68. The molecule has 0 amide bonds. The van der Waals surface area contributed by atoms with Gasteiger partial charge in [0.15, 0.2) is 0 Å². The molecule has 2 aromatic rings. The molecule has 2 rings (SSSR count). The number of hydrazine groups is 1. The Bertz CT molecular complexity index is 644. The van der Waals surface area contributed by atoms with Crippen LogP contribution in [0.1, 0.15) is 17.2 Å². The van der Waals surface area contributed by atoms with Crippen LogP contribution in [0.4, 0.5) is 8.78 Å². The third-order valence-electron chi connectivity index (χ3n) is 3.03. The summed E-state index contributed by atoms with van der Waals surface area (Å²) in [7, 11) is 0. The van der Waals surface area contributed by atoms with Crippen molar-refractivity contribution in [2.45, 2.75) is 12.5 Å². The Hall–Kier alpha value is -0.530. The smallest absolute Gasteiger partial charge is 0.132 e. The van der Waals surface area contributed by atoms with E-state index in [0.29, 0.717) is 9.50 Å². The van der Waals surface area contributed by atoms with Crippen LogP contribution in [-0.4, -0.2) is 0 Å². The Morgan fingerprint density at radius 2 is 1.71 bits per heavy atom. The quantitative estimate of drug-likeness (QED) is 0.525. The standard InChI is InChI=1S/C14H11Br2ClF2N2/c15-8-2-1-7(10(17)4-8)3-13(21-20)14-11(18)5-9(16)6-12(14)19/h1-2,4-6,13,21H,3,20H2. The van der Waals surface area contributed by atoms with Gasteiger partial charge in [0.2, 0.25) is 0 Å². The van der Waals surface area contributed by atoms with Gasteiger partial charge in [-0.25, -0.2) is 8.78 Å². The zero-order valence-corrected chi connectivity index (χ0v) is 14.6. The predicted octanol–water partition coefficient (Wildman–Crippen LogP) is 4.89. The molecule has 0 heterocycles. The summed E-state index contributed by atoms with van der Waals surface area (Å²) in [6.45, 7) is 0. The van der Waals surface area contributed by atoms with E-state index in [4.69, 9.17) is 17.4 Å². The minimum atomic E-state index is -0.725. The van der Waals surface area contributed by atoms with E-state index in [1.54, 1.807) is 12.1 Å². The lowest BCUT2D eigenvalue weighted by molar-refractivity contribution is 0.472. The maximum absolute atomic E-state index is 14.0. The van der Waals surface area contributed by atoms with Crippen molar-refractivity contribution >= 4 is 43.5 Å². The third kappa shape index (κ3) is 4.02. The Morgan fingerprint density at radius 1 is 1.10 bits per heavy atom. The molecule has 0 aliphatic rings. The first kappa shape index (κ1) is 16.8. The van der Waals surface area contributed by atoms with Crippen molar-refractivity contribution < 1.29 is 8.78 Å². The van der Waals surface area contributed by atoms with Gasteiger partial charge in [0.25, 0.3) is 0 Å². The van der Waals surface area contributed by atoms with Crippen molar-refractivity contribution in [1.82, 2.24) is 5.43 Å². The molecule has 0 saturated carbocycles. The van der Waals surface area contributed by atoms with E-state index in [0.717, 1.165) is 10.0 Å². The molecule has 1 atom stereocenters. The van der Waals surface area contributed by atoms with E-state index in [1.807, 2.05) is 6.07 Å². The number of hydrogen-bond donors (Lipinski definition) is 2. The largest absolute Gasteiger partial charge is 0.271 e. The van der Waals surface area contributed by atoms with Crippen LogP contribution in [0.2, 0.25) is 5.02 Å². The Kier molecular flexibility index (Phi) is 5.73. The molecule has 0 spiro atoms. The Labute approximate surface area is 142 Å². The van der Waals surface area contributed by atoms with Crippen LogP contribution in [-0.2, 0) is 6.42 Å². The van der Waals surface area contributed by atoms with Crippen molar-refractivity contribution in [1.29, 1.82) is 0 Å². The van der Waals surface area contributed by atoms with Crippen LogP contribution in [0, 0.1) is 11.6 Å². The number of rotatable bonds is 4. The first-order valence-electron chi connectivity index (χ1n) is 5.97. The summed E-state index contributed by atoms with van der Waals surface area (Å²) in [6.07, 6.45) is 0.262. The molecular weight excluding hydrogens is 429 g/mol. The molecule has 7 heteroatoms. The average Bonchev–Trinajstić information content (AvgIpc) is 2.39. The number of hydrogen-bond acceptors (Lipinski definition) is 2. The number of nitrogens with one attached hydrogen (secondary N) is 1. The summed E-state index contributed by atoms with van der Waals surface area (Å²) in [5.74, 6) is 4.12. The molecule has 112 valence electrons. The summed E-state index contributed by atoms with van der Waals surface area (Å²) >= 11 is 12.5. The molecule has 1 unspecified atom stereocenters. The lowest BCUT2D eigenvalue weighted by atomic mass is 9.98. The highest BCUT2D eigenvalue weighted by Crippen LogP contribution is 2.30. The first-order valence-corrected chi connectivity index (χ1v) is 7.93. The molecule has 0 radical (unpaired) electrons. The SMILES string of the molecule is NNC(Cc1ccc(Br)cc1Cl)c1c(F)cc(Br)cc1F. The molecule has 2 aromatic carbocycles. The summed E-state index contributed by atoms with van der Waals surface area (Å²) in [5.41, 5.74) is 3.07. The number of benzene rings is 2. The molecule has 0 bridgehead atoms. The van der Waals surface area contributed by atoms with Crippen molar-refractivity contribution in [2.75, 3.05) is 0 Å². The van der Waals surface area contributed by atoms with Crippen LogP contribution >= 0.6 is 43.5 Å².